The fourth-order valence-electron chi connectivity index (χ4n) is 3.93. The SMILES string of the molecule is O=C(NCc1ccco1)c1csc(CN(Cc2ccco2)C(=O)CCC2CCCC2)n1. The van der Waals surface area contributed by atoms with Crippen LogP contribution in [0.2, 0.25) is 0 Å². The first-order chi connectivity index (χ1) is 15.2. The van der Waals surface area contributed by atoms with Gasteiger partial charge in [-0.1, -0.05) is 25.7 Å². The summed E-state index contributed by atoms with van der Waals surface area (Å²) < 4.78 is 10.7. The molecule has 1 aliphatic carbocycles. The third kappa shape index (κ3) is 6.07. The van der Waals surface area contributed by atoms with Crippen molar-refractivity contribution in [2.45, 2.75) is 58.2 Å². The Kier molecular flexibility index (Phi) is 7.19. The summed E-state index contributed by atoms with van der Waals surface area (Å²) in [6.07, 6.45) is 9.67. The van der Waals surface area contributed by atoms with Crippen LogP contribution in [0.1, 0.15) is 65.5 Å². The number of thiazole rings is 1. The maximum Gasteiger partial charge on any atom is 0.271 e. The molecule has 0 atom stereocenters. The van der Waals surface area contributed by atoms with E-state index in [2.05, 4.69) is 10.3 Å². The Morgan fingerprint density at radius 3 is 2.55 bits per heavy atom. The van der Waals surface area contributed by atoms with Gasteiger partial charge in [-0.2, -0.15) is 0 Å². The van der Waals surface area contributed by atoms with Crippen molar-refractivity contribution >= 4 is 23.2 Å². The number of rotatable bonds is 10. The second kappa shape index (κ2) is 10.4. The number of carbonyl (C=O) groups is 2. The lowest BCUT2D eigenvalue weighted by Crippen LogP contribution is -2.30. The summed E-state index contributed by atoms with van der Waals surface area (Å²) in [5.74, 6) is 1.92. The van der Waals surface area contributed by atoms with Crippen molar-refractivity contribution in [1.29, 1.82) is 0 Å². The van der Waals surface area contributed by atoms with Gasteiger partial charge < -0.3 is 19.1 Å². The maximum absolute atomic E-state index is 13.0. The highest BCUT2D eigenvalue weighted by atomic mass is 32.1. The van der Waals surface area contributed by atoms with Crippen LogP contribution >= 0.6 is 11.3 Å². The number of aromatic nitrogens is 1. The van der Waals surface area contributed by atoms with E-state index >= 15 is 0 Å². The quantitative estimate of drug-likeness (QED) is 0.490. The van der Waals surface area contributed by atoms with Gasteiger partial charge >= 0.3 is 0 Å². The highest BCUT2D eigenvalue weighted by molar-refractivity contribution is 7.09. The van der Waals surface area contributed by atoms with Gasteiger partial charge in [-0.15, -0.1) is 11.3 Å². The van der Waals surface area contributed by atoms with Gasteiger partial charge in [0.05, 0.1) is 32.2 Å². The van der Waals surface area contributed by atoms with Crippen molar-refractivity contribution in [3.8, 4) is 0 Å². The molecule has 31 heavy (non-hydrogen) atoms. The molecule has 0 saturated heterocycles. The standard InChI is InChI=1S/C23H27N3O4S/c27-22(10-9-17-5-1-2-6-17)26(14-19-8-4-12-30-19)15-21-25-20(16-31-21)23(28)24-13-18-7-3-11-29-18/h3-4,7-8,11-12,16-17H,1-2,5-6,9-10,13-15H2,(H,24,28). The first-order valence-electron chi connectivity index (χ1n) is 10.7. The first kappa shape index (κ1) is 21.4. The Hall–Kier alpha value is -2.87. The van der Waals surface area contributed by atoms with Crippen LogP contribution in [0, 0.1) is 5.92 Å². The smallest absolute Gasteiger partial charge is 0.271 e. The van der Waals surface area contributed by atoms with Crippen LogP contribution in [0.5, 0.6) is 0 Å². The molecule has 2 amide bonds. The minimum atomic E-state index is -0.260. The zero-order chi connectivity index (χ0) is 21.5. The molecule has 3 heterocycles. The van der Waals surface area contributed by atoms with Crippen LogP contribution in [0.25, 0.3) is 0 Å². The lowest BCUT2D eigenvalue weighted by atomic mass is 10.0. The summed E-state index contributed by atoms with van der Waals surface area (Å²) in [5.41, 5.74) is 0.350. The van der Waals surface area contributed by atoms with Crippen LogP contribution in [-0.2, 0) is 24.4 Å². The summed E-state index contributed by atoms with van der Waals surface area (Å²) in [4.78, 5) is 31.6. The molecule has 1 fully saturated rings. The van der Waals surface area contributed by atoms with Gasteiger partial charge in [-0.25, -0.2) is 4.98 Å². The number of carbonyl (C=O) groups excluding carboxylic acids is 2. The van der Waals surface area contributed by atoms with Gasteiger partial charge in [0.25, 0.3) is 5.91 Å². The average Bonchev–Trinajstić information content (AvgIpc) is 3.57. The molecule has 0 radical (unpaired) electrons. The maximum atomic E-state index is 13.0. The van der Waals surface area contributed by atoms with E-state index in [4.69, 9.17) is 8.83 Å². The van der Waals surface area contributed by atoms with Crippen LogP contribution in [0.3, 0.4) is 0 Å². The molecule has 1 N–H and O–H groups in total. The predicted octanol–water partition coefficient (Wildman–Crippen LogP) is 4.76. The number of hydrogen-bond acceptors (Lipinski definition) is 6. The summed E-state index contributed by atoms with van der Waals surface area (Å²) in [6, 6.07) is 7.27. The lowest BCUT2D eigenvalue weighted by Gasteiger charge is -2.21. The van der Waals surface area contributed by atoms with E-state index in [9.17, 15) is 9.59 Å². The number of amides is 2. The summed E-state index contributed by atoms with van der Waals surface area (Å²) in [5, 5.41) is 5.24. The molecule has 4 rings (SSSR count). The topological polar surface area (TPSA) is 88.6 Å². The summed E-state index contributed by atoms with van der Waals surface area (Å²) in [7, 11) is 0. The van der Waals surface area contributed by atoms with Crippen molar-refractivity contribution in [2.75, 3.05) is 0 Å². The van der Waals surface area contributed by atoms with Crippen molar-refractivity contribution < 1.29 is 18.4 Å². The molecule has 0 aromatic carbocycles. The van der Waals surface area contributed by atoms with Gasteiger partial charge in [0, 0.05) is 11.8 Å². The van der Waals surface area contributed by atoms with E-state index in [-0.39, 0.29) is 11.8 Å². The van der Waals surface area contributed by atoms with Crippen molar-refractivity contribution in [3.63, 3.8) is 0 Å². The highest BCUT2D eigenvalue weighted by Crippen LogP contribution is 2.29. The molecule has 3 aromatic heterocycles. The minimum absolute atomic E-state index is 0.0994. The van der Waals surface area contributed by atoms with Gasteiger partial charge in [-0.3, -0.25) is 9.59 Å². The Balaban J connectivity index is 1.36. The molecule has 1 saturated carbocycles. The van der Waals surface area contributed by atoms with Crippen molar-refractivity contribution in [3.05, 3.63) is 64.4 Å². The zero-order valence-corrected chi connectivity index (χ0v) is 18.2. The minimum Gasteiger partial charge on any atom is -0.467 e. The molecule has 0 unspecified atom stereocenters. The first-order valence-corrected chi connectivity index (χ1v) is 11.6. The van der Waals surface area contributed by atoms with E-state index in [0.29, 0.717) is 43.4 Å². The highest BCUT2D eigenvalue weighted by Gasteiger charge is 2.22. The van der Waals surface area contributed by atoms with Gasteiger partial charge in [0.15, 0.2) is 0 Å². The van der Waals surface area contributed by atoms with Crippen LogP contribution in [0.15, 0.2) is 51.0 Å². The van der Waals surface area contributed by atoms with Gasteiger partial charge in [-0.05, 0) is 36.6 Å². The molecule has 0 spiro atoms. The van der Waals surface area contributed by atoms with Gasteiger partial charge in [0.2, 0.25) is 5.91 Å². The van der Waals surface area contributed by atoms with E-state index in [0.717, 1.165) is 17.2 Å². The lowest BCUT2D eigenvalue weighted by molar-refractivity contribution is -0.133. The Morgan fingerprint density at radius 1 is 1.10 bits per heavy atom. The van der Waals surface area contributed by atoms with Crippen LogP contribution in [0.4, 0.5) is 0 Å². The second-order valence-corrected chi connectivity index (χ2v) is 8.85. The van der Waals surface area contributed by atoms with Crippen LogP contribution in [-0.4, -0.2) is 21.7 Å². The largest absolute Gasteiger partial charge is 0.467 e. The predicted molar refractivity (Wildman–Crippen MR) is 116 cm³/mol. The molecule has 1 aliphatic rings. The van der Waals surface area contributed by atoms with Gasteiger partial charge in [0.1, 0.15) is 22.2 Å². The molecule has 7 nitrogen and oxygen atoms in total. The normalized spacial score (nSPS) is 14.1. The molecular weight excluding hydrogens is 414 g/mol. The Morgan fingerprint density at radius 2 is 1.84 bits per heavy atom. The van der Waals surface area contributed by atoms with E-state index in [1.54, 1.807) is 34.9 Å². The molecular formula is C23H27N3O4S. The van der Waals surface area contributed by atoms with E-state index in [1.807, 2.05) is 12.1 Å². The summed E-state index contributed by atoms with van der Waals surface area (Å²) in [6.45, 7) is 1.07. The Bertz CT molecular complexity index is 959. The third-order valence-electron chi connectivity index (χ3n) is 5.63. The number of nitrogens with zero attached hydrogens (tertiary/aromatic N) is 2. The second-order valence-electron chi connectivity index (χ2n) is 7.91. The Labute approximate surface area is 185 Å². The van der Waals surface area contributed by atoms with Crippen molar-refractivity contribution in [2.24, 2.45) is 5.92 Å². The monoisotopic (exact) mass is 441 g/mol. The average molecular weight is 442 g/mol. The fourth-order valence-corrected chi connectivity index (χ4v) is 4.72. The zero-order valence-electron chi connectivity index (χ0n) is 17.4. The number of furan rings is 2. The summed E-state index contributed by atoms with van der Waals surface area (Å²) >= 11 is 1.38. The van der Waals surface area contributed by atoms with E-state index in [1.165, 1.54) is 37.0 Å². The van der Waals surface area contributed by atoms with Crippen molar-refractivity contribution in [1.82, 2.24) is 15.2 Å². The molecule has 0 bridgehead atoms. The third-order valence-corrected chi connectivity index (χ3v) is 6.47. The van der Waals surface area contributed by atoms with E-state index < -0.39 is 0 Å². The number of nitrogens with one attached hydrogen (secondary N) is 1. The molecule has 0 aliphatic heterocycles. The molecule has 8 heteroatoms. The number of hydrogen-bond donors (Lipinski definition) is 1. The van der Waals surface area contributed by atoms with Crippen LogP contribution < -0.4 is 5.32 Å². The molecule has 164 valence electrons. The molecule has 3 aromatic rings. The fraction of sp³-hybridized carbons (Fsp3) is 0.435.